The number of aliphatic hydroxyl groups excluding tert-OH is 1. The van der Waals surface area contributed by atoms with E-state index in [1.165, 1.54) is 31.4 Å². The van der Waals surface area contributed by atoms with Gasteiger partial charge in [-0.3, -0.25) is 0 Å². The lowest BCUT2D eigenvalue weighted by Crippen LogP contribution is -2.21. The minimum Gasteiger partial charge on any atom is -0.395 e. The zero-order chi connectivity index (χ0) is 10.9. The van der Waals surface area contributed by atoms with E-state index in [1.807, 2.05) is 13.8 Å². The Balaban J connectivity index is 2.16. The Bertz CT molecular complexity index is 326. The summed E-state index contributed by atoms with van der Waals surface area (Å²) in [5.74, 6) is 0.685. The minimum atomic E-state index is -0.179. The Kier molecular flexibility index (Phi) is 3.12. The first kappa shape index (κ1) is 11.1. The van der Waals surface area contributed by atoms with E-state index in [0.717, 1.165) is 5.01 Å². The highest BCUT2D eigenvalue weighted by molar-refractivity contribution is 7.09. The van der Waals surface area contributed by atoms with E-state index in [9.17, 15) is 5.11 Å². The Morgan fingerprint density at radius 3 is 2.73 bits per heavy atom. The van der Waals surface area contributed by atoms with E-state index >= 15 is 0 Å². The van der Waals surface area contributed by atoms with Crippen LogP contribution in [0.2, 0.25) is 0 Å². The minimum absolute atomic E-state index is 0.171. The van der Waals surface area contributed by atoms with Crippen molar-refractivity contribution in [2.24, 2.45) is 0 Å². The van der Waals surface area contributed by atoms with Gasteiger partial charge >= 0.3 is 0 Å². The lowest BCUT2D eigenvalue weighted by Gasteiger charge is -2.17. The van der Waals surface area contributed by atoms with Gasteiger partial charge in [-0.1, -0.05) is 26.7 Å². The molecule has 1 saturated carbocycles. The summed E-state index contributed by atoms with van der Waals surface area (Å²) in [4.78, 5) is 4.69. The molecule has 1 aromatic heterocycles. The Labute approximate surface area is 95.4 Å². The predicted molar refractivity (Wildman–Crippen MR) is 63.4 cm³/mol. The monoisotopic (exact) mass is 225 g/mol. The van der Waals surface area contributed by atoms with E-state index in [4.69, 9.17) is 4.98 Å². The van der Waals surface area contributed by atoms with Crippen LogP contribution in [0.4, 0.5) is 0 Å². The third kappa shape index (κ3) is 2.23. The smallest absolute Gasteiger partial charge is 0.101 e. The zero-order valence-corrected chi connectivity index (χ0v) is 10.3. The molecule has 1 N–H and O–H groups in total. The molecule has 1 aliphatic rings. The van der Waals surface area contributed by atoms with E-state index < -0.39 is 0 Å². The predicted octanol–water partition coefficient (Wildman–Crippen LogP) is 3.07. The van der Waals surface area contributed by atoms with E-state index in [1.54, 1.807) is 11.3 Å². The number of hydrogen-bond donors (Lipinski definition) is 1. The van der Waals surface area contributed by atoms with Crippen molar-refractivity contribution in [3.05, 3.63) is 16.1 Å². The summed E-state index contributed by atoms with van der Waals surface area (Å²) in [6.45, 7) is 4.26. The fourth-order valence-electron chi connectivity index (χ4n) is 2.07. The summed E-state index contributed by atoms with van der Waals surface area (Å²) in [7, 11) is 0. The summed E-state index contributed by atoms with van der Waals surface area (Å²) < 4.78 is 0. The maximum Gasteiger partial charge on any atom is 0.101 e. The van der Waals surface area contributed by atoms with Gasteiger partial charge in [0.05, 0.1) is 12.3 Å². The molecule has 2 nitrogen and oxygen atoms in total. The van der Waals surface area contributed by atoms with Gasteiger partial charge in [-0.25, -0.2) is 4.98 Å². The van der Waals surface area contributed by atoms with Crippen LogP contribution in [0.5, 0.6) is 0 Å². The molecule has 0 amide bonds. The first-order valence-electron chi connectivity index (χ1n) is 5.70. The van der Waals surface area contributed by atoms with Crippen LogP contribution >= 0.6 is 11.3 Å². The molecule has 1 heterocycles. The average Bonchev–Trinajstić information content (AvgIpc) is 2.88. The molecular weight excluding hydrogens is 206 g/mol. The van der Waals surface area contributed by atoms with E-state index in [-0.39, 0.29) is 12.0 Å². The van der Waals surface area contributed by atoms with Crippen LogP contribution in [0.15, 0.2) is 5.38 Å². The van der Waals surface area contributed by atoms with E-state index in [2.05, 4.69) is 5.38 Å². The zero-order valence-electron chi connectivity index (χ0n) is 9.49. The van der Waals surface area contributed by atoms with Crippen molar-refractivity contribution < 1.29 is 5.11 Å². The van der Waals surface area contributed by atoms with Crippen LogP contribution in [-0.4, -0.2) is 16.7 Å². The summed E-state index contributed by atoms with van der Waals surface area (Å²) in [6, 6.07) is 0. The standard InChI is InChI=1S/C12H19NOS/c1-12(2,8-14)11-13-10(7-15-11)9-5-3-4-6-9/h7,9,14H,3-6,8H2,1-2H3. The van der Waals surface area contributed by atoms with Crippen molar-refractivity contribution in [3.63, 3.8) is 0 Å². The molecule has 1 aromatic rings. The first-order chi connectivity index (χ1) is 7.13. The second kappa shape index (κ2) is 4.22. The molecule has 0 unspecified atom stereocenters. The molecule has 0 aromatic carbocycles. The molecule has 2 rings (SSSR count). The molecule has 3 heteroatoms. The van der Waals surface area contributed by atoms with Gasteiger partial charge in [0.15, 0.2) is 0 Å². The Hall–Kier alpha value is -0.410. The van der Waals surface area contributed by atoms with Crippen LogP contribution in [0.25, 0.3) is 0 Å². The number of aromatic nitrogens is 1. The second-order valence-corrected chi connectivity index (χ2v) is 5.96. The molecule has 1 aliphatic carbocycles. The third-order valence-electron chi connectivity index (χ3n) is 3.27. The van der Waals surface area contributed by atoms with Crippen LogP contribution in [0, 0.1) is 0 Å². The van der Waals surface area contributed by atoms with Gasteiger partial charge in [0.25, 0.3) is 0 Å². The summed E-state index contributed by atoms with van der Waals surface area (Å²) in [5, 5.41) is 12.5. The second-order valence-electron chi connectivity index (χ2n) is 5.10. The number of thiazole rings is 1. The lowest BCUT2D eigenvalue weighted by atomic mass is 9.96. The largest absolute Gasteiger partial charge is 0.395 e. The summed E-state index contributed by atoms with van der Waals surface area (Å²) >= 11 is 1.70. The number of rotatable bonds is 3. The SMILES string of the molecule is CC(C)(CO)c1nc(C2CCCC2)cs1. The molecule has 1 fully saturated rings. The number of hydrogen-bond acceptors (Lipinski definition) is 3. The van der Waals surface area contributed by atoms with Crippen LogP contribution in [0.3, 0.4) is 0 Å². The number of nitrogens with zero attached hydrogens (tertiary/aromatic N) is 1. The molecule has 0 spiro atoms. The Morgan fingerprint density at radius 2 is 2.13 bits per heavy atom. The maximum absolute atomic E-state index is 9.29. The van der Waals surface area contributed by atoms with Gasteiger partial charge in [-0.2, -0.15) is 0 Å². The molecule has 0 bridgehead atoms. The number of aliphatic hydroxyl groups is 1. The molecule has 0 aliphatic heterocycles. The molecule has 15 heavy (non-hydrogen) atoms. The van der Waals surface area contributed by atoms with Crippen molar-refractivity contribution in [2.75, 3.05) is 6.61 Å². The van der Waals surface area contributed by atoms with Crippen molar-refractivity contribution in [2.45, 2.75) is 50.9 Å². The van der Waals surface area contributed by atoms with E-state index in [0.29, 0.717) is 5.92 Å². The fourth-order valence-corrected chi connectivity index (χ4v) is 3.09. The van der Waals surface area contributed by atoms with Gasteiger partial charge in [0.2, 0.25) is 0 Å². The van der Waals surface area contributed by atoms with Gasteiger partial charge in [0, 0.05) is 16.7 Å². The molecule has 0 radical (unpaired) electrons. The highest BCUT2D eigenvalue weighted by Gasteiger charge is 2.26. The van der Waals surface area contributed by atoms with Gasteiger partial charge in [-0.15, -0.1) is 11.3 Å². The van der Waals surface area contributed by atoms with Gasteiger partial charge in [-0.05, 0) is 12.8 Å². The maximum atomic E-state index is 9.29. The summed E-state index contributed by atoms with van der Waals surface area (Å²) in [5.41, 5.74) is 1.08. The molecule has 0 atom stereocenters. The average molecular weight is 225 g/mol. The fraction of sp³-hybridized carbons (Fsp3) is 0.750. The van der Waals surface area contributed by atoms with Crippen molar-refractivity contribution in [3.8, 4) is 0 Å². The van der Waals surface area contributed by atoms with Crippen LogP contribution in [-0.2, 0) is 5.41 Å². The van der Waals surface area contributed by atoms with Crippen molar-refractivity contribution >= 4 is 11.3 Å². The molecule has 0 saturated heterocycles. The third-order valence-corrected chi connectivity index (χ3v) is 4.50. The van der Waals surface area contributed by atoms with Crippen LogP contribution < -0.4 is 0 Å². The normalized spacial score (nSPS) is 18.6. The topological polar surface area (TPSA) is 33.1 Å². The van der Waals surface area contributed by atoms with Crippen LogP contribution in [0.1, 0.15) is 56.2 Å². The quantitative estimate of drug-likeness (QED) is 0.857. The molecular formula is C12H19NOS. The molecule has 84 valence electrons. The van der Waals surface area contributed by atoms with Gasteiger partial charge in [0.1, 0.15) is 5.01 Å². The highest BCUT2D eigenvalue weighted by Crippen LogP contribution is 2.36. The van der Waals surface area contributed by atoms with Crippen molar-refractivity contribution in [1.82, 2.24) is 4.98 Å². The van der Waals surface area contributed by atoms with Crippen molar-refractivity contribution in [1.29, 1.82) is 0 Å². The Morgan fingerprint density at radius 1 is 1.47 bits per heavy atom. The first-order valence-corrected chi connectivity index (χ1v) is 6.58. The highest BCUT2D eigenvalue weighted by atomic mass is 32.1. The lowest BCUT2D eigenvalue weighted by molar-refractivity contribution is 0.218. The van der Waals surface area contributed by atoms with Gasteiger partial charge < -0.3 is 5.11 Å². The summed E-state index contributed by atoms with van der Waals surface area (Å²) in [6.07, 6.45) is 5.29.